The van der Waals surface area contributed by atoms with Crippen LogP contribution in [0.15, 0.2) is 0 Å². The molecular formula is C18H34N2O6. The van der Waals surface area contributed by atoms with Crippen LogP contribution in [0.2, 0.25) is 0 Å². The molecule has 0 bridgehead atoms. The van der Waals surface area contributed by atoms with Crippen LogP contribution >= 0.6 is 0 Å². The second-order valence-electron chi connectivity index (χ2n) is 7.90. The second kappa shape index (κ2) is 11.0. The molecule has 0 aromatic rings. The van der Waals surface area contributed by atoms with Crippen molar-refractivity contribution in [2.24, 2.45) is 0 Å². The first kappa shape index (κ1) is 24.2. The lowest BCUT2D eigenvalue weighted by atomic mass is 10.2. The van der Waals surface area contributed by atoms with Gasteiger partial charge in [-0.1, -0.05) is 12.0 Å². The van der Waals surface area contributed by atoms with Gasteiger partial charge in [0.15, 0.2) is 0 Å². The van der Waals surface area contributed by atoms with Crippen molar-refractivity contribution in [2.75, 3.05) is 13.2 Å². The molecule has 0 radical (unpaired) electrons. The van der Waals surface area contributed by atoms with E-state index in [1.807, 2.05) is 6.92 Å². The molecule has 0 saturated carbocycles. The number of hydrogen-bond donors (Lipinski definition) is 1. The summed E-state index contributed by atoms with van der Waals surface area (Å²) in [5.74, 6) is -0.0250. The minimum Gasteiger partial charge on any atom is -0.442 e. The van der Waals surface area contributed by atoms with Gasteiger partial charge in [0.05, 0.1) is 6.61 Å². The van der Waals surface area contributed by atoms with E-state index in [0.29, 0.717) is 30.9 Å². The average molecular weight is 374 g/mol. The third kappa shape index (κ3) is 12.5. The molecule has 0 aliphatic carbocycles. The van der Waals surface area contributed by atoms with Gasteiger partial charge < -0.3 is 14.8 Å². The summed E-state index contributed by atoms with van der Waals surface area (Å²) in [7, 11) is 0. The number of rotatable bonds is 8. The Labute approximate surface area is 156 Å². The number of imide groups is 1. The maximum atomic E-state index is 12.2. The predicted octanol–water partition coefficient (Wildman–Crippen LogP) is 3.79. The number of hydrogen-bond acceptors (Lipinski definition) is 6. The number of nitrogens with zero attached hydrogens (tertiary/aromatic N) is 1. The van der Waals surface area contributed by atoms with Gasteiger partial charge in [-0.25, -0.2) is 9.59 Å². The predicted molar refractivity (Wildman–Crippen MR) is 97.4 cm³/mol. The van der Waals surface area contributed by atoms with Gasteiger partial charge in [-0.2, -0.15) is 0 Å². The van der Waals surface area contributed by atoms with Gasteiger partial charge in [0.2, 0.25) is 5.91 Å². The summed E-state index contributed by atoms with van der Waals surface area (Å²) in [5, 5.41) is 3.28. The molecule has 0 spiro atoms. The van der Waals surface area contributed by atoms with Crippen LogP contribution in [0.4, 0.5) is 9.59 Å². The highest BCUT2D eigenvalue weighted by Crippen LogP contribution is 2.15. The molecule has 0 aliphatic rings. The first-order valence-corrected chi connectivity index (χ1v) is 9.01. The van der Waals surface area contributed by atoms with Gasteiger partial charge in [0.1, 0.15) is 11.2 Å². The maximum absolute atomic E-state index is 12.2. The molecule has 1 N–H and O–H groups in total. The van der Waals surface area contributed by atoms with Gasteiger partial charge in [-0.3, -0.25) is 9.63 Å². The highest BCUT2D eigenvalue weighted by molar-refractivity contribution is 5.86. The van der Waals surface area contributed by atoms with Crippen molar-refractivity contribution in [1.82, 2.24) is 10.4 Å². The zero-order valence-corrected chi connectivity index (χ0v) is 17.1. The van der Waals surface area contributed by atoms with Crippen LogP contribution in [0.25, 0.3) is 0 Å². The van der Waals surface area contributed by atoms with E-state index >= 15 is 0 Å². The van der Waals surface area contributed by atoms with Gasteiger partial charge >= 0.3 is 12.2 Å². The number of carbonyl (C=O) groups is 3. The Hall–Kier alpha value is -1.83. The van der Waals surface area contributed by atoms with Crippen molar-refractivity contribution < 1.29 is 28.7 Å². The minimum atomic E-state index is -0.938. The largest absolute Gasteiger partial charge is 0.444 e. The Morgan fingerprint density at radius 2 is 1.38 bits per heavy atom. The summed E-state index contributed by atoms with van der Waals surface area (Å²) >= 11 is 0. The molecule has 8 heteroatoms. The van der Waals surface area contributed by atoms with Gasteiger partial charge in [0, 0.05) is 13.0 Å². The molecule has 0 rings (SSSR count). The van der Waals surface area contributed by atoms with Crippen molar-refractivity contribution in [2.45, 2.75) is 85.4 Å². The molecule has 0 saturated heterocycles. The average Bonchev–Trinajstić information content (AvgIpc) is 2.44. The fraction of sp³-hybridized carbons (Fsp3) is 0.833. The van der Waals surface area contributed by atoms with E-state index < -0.39 is 23.4 Å². The standard InChI is InChI=1S/C18H34N2O6/c1-8-12-19-14(21)11-9-10-13-24-20(15(22)25-17(2,3)4)16(23)26-18(5,6)7/h8-13H2,1-7H3,(H,19,21). The van der Waals surface area contributed by atoms with E-state index in [2.05, 4.69) is 5.32 Å². The third-order valence-electron chi connectivity index (χ3n) is 2.71. The first-order valence-electron chi connectivity index (χ1n) is 9.01. The number of unbranched alkanes of at least 4 members (excludes halogenated alkanes) is 1. The molecule has 0 aliphatic heterocycles. The van der Waals surface area contributed by atoms with Gasteiger partial charge in [-0.15, -0.1) is 0 Å². The molecule has 0 fully saturated rings. The molecule has 152 valence electrons. The Morgan fingerprint density at radius 1 is 0.885 bits per heavy atom. The van der Waals surface area contributed by atoms with Crippen molar-refractivity contribution in [3.8, 4) is 0 Å². The second-order valence-corrected chi connectivity index (χ2v) is 7.90. The van der Waals surface area contributed by atoms with E-state index in [0.717, 1.165) is 6.42 Å². The van der Waals surface area contributed by atoms with Crippen LogP contribution in [-0.2, 0) is 19.1 Å². The van der Waals surface area contributed by atoms with E-state index in [9.17, 15) is 14.4 Å². The fourth-order valence-corrected chi connectivity index (χ4v) is 1.68. The smallest absolute Gasteiger partial charge is 0.442 e. The fourth-order valence-electron chi connectivity index (χ4n) is 1.68. The molecule has 26 heavy (non-hydrogen) atoms. The zero-order valence-electron chi connectivity index (χ0n) is 17.1. The van der Waals surface area contributed by atoms with Crippen molar-refractivity contribution in [1.29, 1.82) is 0 Å². The molecule has 0 aromatic carbocycles. The van der Waals surface area contributed by atoms with Crippen LogP contribution in [0.1, 0.15) is 74.1 Å². The van der Waals surface area contributed by atoms with E-state index in [4.69, 9.17) is 14.3 Å². The summed E-state index contributed by atoms with van der Waals surface area (Å²) in [5.41, 5.74) is -1.56. The lowest BCUT2D eigenvalue weighted by molar-refractivity contribution is -0.139. The van der Waals surface area contributed by atoms with E-state index in [1.54, 1.807) is 41.5 Å². The topological polar surface area (TPSA) is 94.2 Å². The Morgan fingerprint density at radius 3 is 1.81 bits per heavy atom. The first-order chi connectivity index (χ1) is 11.9. The normalized spacial score (nSPS) is 11.7. The van der Waals surface area contributed by atoms with Crippen LogP contribution < -0.4 is 5.32 Å². The molecular weight excluding hydrogens is 340 g/mol. The number of nitrogens with one attached hydrogen (secondary N) is 1. The summed E-state index contributed by atoms with van der Waals surface area (Å²) < 4.78 is 10.3. The number of amides is 3. The Balaban J connectivity index is 4.56. The maximum Gasteiger partial charge on any atom is 0.444 e. The van der Waals surface area contributed by atoms with Crippen molar-refractivity contribution in [3.63, 3.8) is 0 Å². The third-order valence-corrected chi connectivity index (χ3v) is 2.71. The lowest BCUT2D eigenvalue weighted by Gasteiger charge is -2.27. The number of ether oxygens (including phenoxy) is 2. The molecule has 0 unspecified atom stereocenters. The van der Waals surface area contributed by atoms with Crippen LogP contribution in [0, 0.1) is 0 Å². The quantitative estimate of drug-likeness (QED) is 0.513. The summed E-state index contributed by atoms with van der Waals surface area (Å²) in [6.07, 6.45) is 0.450. The van der Waals surface area contributed by atoms with Crippen LogP contribution in [0.5, 0.6) is 0 Å². The van der Waals surface area contributed by atoms with E-state index in [-0.39, 0.29) is 12.5 Å². The lowest BCUT2D eigenvalue weighted by Crippen LogP contribution is -2.43. The van der Waals surface area contributed by atoms with Crippen LogP contribution in [0.3, 0.4) is 0 Å². The molecule has 8 nitrogen and oxygen atoms in total. The Bertz CT molecular complexity index is 437. The molecule has 0 atom stereocenters. The van der Waals surface area contributed by atoms with Crippen molar-refractivity contribution in [3.05, 3.63) is 0 Å². The summed E-state index contributed by atoms with van der Waals surface area (Å²) in [6.45, 7) is 12.8. The van der Waals surface area contributed by atoms with Gasteiger partial charge in [0.25, 0.3) is 0 Å². The SMILES string of the molecule is CCCNC(=O)CCCCON(C(=O)OC(C)(C)C)C(=O)OC(C)(C)C. The summed E-state index contributed by atoms with van der Waals surface area (Å²) in [4.78, 5) is 41.2. The van der Waals surface area contributed by atoms with Crippen LogP contribution in [-0.4, -0.2) is 47.5 Å². The molecule has 0 heterocycles. The molecule has 3 amide bonds. The van der Waals surface area contributed by atoms with E-state index in [1.165, 1.54) is 0 Å². The van der Waals surface area contributed by atoms with Gasteiger partial charge in [-0.05, 0) is 60.8 Å². The molecule has 0 aromatic heterocycles. The van der Waals surface area contributed by atoms with Crippen molar-refractivity contribution >= 4 is 18.1 Å². The number of hydroxylamine groups is 2. The Kier molecular flexibility index (Phi) is 10.2. The highest BCUT2D eigenvalue weighted by Gasteiger charge is 2.32. The number of carbonyl (C=O) groups excluding carboxylic acids is 3. The minimum absolute atomic E-state index is 0.0250. The highest BCUT2D eigenvalue weighted by atomic mass is 16.8. The zero-order chi connectivity index (χ0) is 20.4. The summed E-state index contributed by atoms with van der Waals surface area (Å²) in [6, 6.07) is 0. The monoisotopic (exact) mass is 374 g/mol.